The van der Waals surface area contributed by atoms with E-state index in [1.807, 2.05) is 61.2 Å². The van der Waals surface area contributed by atoms with Crippen LogP contribution in [0.3, 0.4) is 0 Å². The van der Waals surface area contributed by atoms with Gasteiger partial charge in [0.2, 0.25) is 0 Å². The number of anilines is 2. The summed E-state index contributed by atoms with van der Waals surface area (Å²) in [5.74, 6) is 6.19. The lowest BCUT2D eigenvalue weighted by Gasteiger charge is -2.01. The highest BCUT2D eigenvalue weighted by atomic mass is 16.5. The Hall–Kier alpha value is -2.48. The van der Waals surface area contributed by atoms with Gasteiger partial charge in [0.1, 0.15) is 0 Å². The van der Waals surface area contributed by atoms with E-state index in [-0.39, 0.29) is 0 Å². The molecule has 0 aliphatic carbocycles. The fourth-order valence-electron chi connectivity index (χ4n) is 1.57. The molecule has 4 heteroatoms. The van der Waals surface area contributed by atoms with E-state index in [2.05, 4.69) is 22.6 Å². The summed E-state index contributed by atoms with van der Waals surface area (Å²) in [5.41, 5.74) is 8.18. The van der Waals surface area contributed by atoms with Crippen LogP contribution in [0.25, 0.3) is 0 Å². The third-order valence-corrected chi connectivity index (χ3v) is 2.61. The van der Waals surface area contributed by atoms with Gasteiger partial charge in [-0.3, -0.25) is 10.6 Å². The first kappa shape index (κ1) is 13.0. The van der Waals surface area contributed by atoms with Crippen LogP contribution in [-0.4, -0.2) is 12.3 Å². The van der Waals surface area contributed by atoms with Crippen LogP contribution in [0.2, 0.25) is 0 Å². The summed E-state index contributed by atoms with van der Waals surface area (Å²) in [7, 11) is 1.89. The van der Waals surface area contributed by atoms with E-state index < -0.39 is 0 Å². The maximum Gasteiger partial charge on any atom is 0.0510 e. The molecule has 96 valence electrons. The van der Waals surface area contributed by atoms with Crippen molar-refractivity contribution < 1.29 is 5.21 Å². The summed E-state index contributed by atoms with van der Waals surface area (Å²) in [6.07, 6.45) is 0. The van der Waals surface area contributed by atoms with Crippen LogP contribution >= 0.6 is 0 Å². The molecule has 2 aromatic rings. The SMILES string of the molecule is CNc1ccc(C#Cc2ccc(NNO)cc2)cc1. The highest BCUT2D eigenvalue weighted by Gasteiger charge is 1.91. The van der Waals surface area contributed by atoms with Crippen molar-refractivity contribution in [3.05, 3.63) is 59.7 Å². The molecule has 0 unspecified atom stereocenters. The van der Waals surface area contributed by atoms with Gasteiger partial charge in [-0.15, -0.1) is 5.59 Å². The number of hydrazine groups is 1. The zero-order chi connectivity index (χ0) is 13.5. The summed E-state index contributed by atoms with van der Waals surface area (Å²) in [5, 5.41) is 11.6. The van der Waals surface area contributed by atoms with Gasteiger partial charge < -0.3 is 5.32 Å². The van der Waals surface area contributed by atoms with E-state index in [1.54, 1.807) is 0 Å². The molecule has 0 bridgehead atoms. The molecule has 19 heavy (non-hydrogen) atoms. The summed E-state index contributed by atoms with van der Waals surface area (Å²) < 4.78 is 0. The van der Waals surface area contributed by atoms with Gasteiger partial charge in [0.25, 0.3) is 0 Å². The summed E-state index contributed by atoms with van der Waals surface area (Å²) >= 11 is 0. The van der Waals surface area contributed by atoms with Crippen LogP contribution in [0, 0.1) is 11.8 Å². The lowest BCUT2D eigenvalue weighted by atomic mass is 10.1. The Bertz CT molecular complexity index is 580. The average molecular weight is 253 g/mol. The van der Waals surface area contributed by atoms with E-state index in [1.165, 1.54) is 0 Å². The van der Waals surface area contributed by atoms with E-state index >= 15 is 0 Å². The van der Waals surface area contributed by atoms with Crippen molar-refractivity contribution >= 4 is 11.4 Å². The van der Waals surface area contributed by atoms with Crippen LogP contribution in [0.1, 0.15) is 11.1 Å². The minimum atomic E-state index is 0.770. The molecule has 0 saturated carbocycles. The van der Waals surface area contributed by atoms with Crippen LogP contribution < -0.4 is 16.3 Å². The van der Waals surface area contributed by atoms with Gasteiger partial charge in [-0.1, -0.05) is 11.8 Å². The van der Waals surface area contributed by atoms with Gasteiger partial charge in [0.05, 0.1) is 5.69 Å². The van der Waals surface area contributed by atoms with Crippen molar-refractivity contribution in [1.82, 2.24) is 5.59 Å². The second kappa shape index (κ2) is 6.45. The number of hydrogen-bond acceptors (Lipinski definition) is 4. The van der Waals surface area contributed by atoms with Gasteiger partial charge in [-0.05, 0) is 48.5 Å². The normalized spacial score (nSPS) is 9.37. The van der Waals surface area contributed by atoms with Gasteiger partial charge >= 0.3 is 0 Å². The molecule has 0 aromatic heterocycles. The fourth-order valence-corrected chi connectivity index (χ4v) is 1.57. The van der Waals surface area contributed by atoms with Gasteiger partial charge in [-0.25, -0.2) is 0 Å². The largest absolute Gasteiger partial charge is 0.388 e. The molecule has 0 heterocycles. The smallest absolute Gasteiger partial charge is 0.0510 e. The molecular weight excluding hydrogens is 238 g/mol. The van der Waals surface area contributed by atoms with Crippen LogP contribution in [0.4, 0.5) is 11.4 Å². The molecule has 2 aromatic carbocycles. The van der Waals surface area contributed by atoms with E-state index in [4.69, 9.17) is 5.21 Å². The molecule has 0 radical (unpaired) electrons. The predicted octanol–water partition coefficient (Wildman–Crippen LogP) is 2.43. The Labute approximate surface area is 112 Å². The molecule has 0 aliphatic rings. The molecular formula is C15H15N3O. The van der Waals surface area contributed by atoms with Crippen molar-refractivity contribution in [2.24, 2.45) is 0 Å². The third-order valence-electron chi connectivity index (χ3n) is 2.61. The number of benzene rings is 2. The predicted molar refractivity (Wildman–Crippen MR) is 77.0 cm³/mol. The molecule has 0 fully saturated rings. The Morgan fingerprint density at radius 1 is 0.789 bits per heavy atom. The highest BCUT2D eigenvalue weighted by Crippen LogP contribution is 2.09. The average Bonchev–Trinajstić information content (AvgIpc) is 2.47. The lowest BCUT2D eigenvalue weighted by Crippen LogP contribution is -2.15. The van der Waals surface area contributed by atoms with Crippen molar-refractivity contribution in [2.75, 3.05) is 17.8 Å². The van der Waals surface area contributed by atoms with Gasteiger partial charge in [-0.2, -0.15) is 0 Å². The van der Waals surface area contributed by atoms with Crippen LogP contribution in [-0.2, 0) is 0 Å². The Morgan fingerprint density at radius 2 is 1.26 bits per heavy atom. The minimum absolute atomic E-state index is 0.770. The van der Waals surface area contributed by atoms with Crippen LogP contribution in [0.15, 0.2) is 48.5 Å². The van der Waals surface area contributed by atoms with Gasteiger partial charge in [0, 0.05) is 23.9 Å². The monoisotopic (exact) mass is 253 g/mol. The summed E-state index contributed by atoms with van der Waals surface area (Å²) in [6.45, 7) is 0. The van der Waals surface area contributed by atoms with Crippen molar-refractivity contribution in [2.45, 2.75) is 0 Å². The molecule has 0 amide bonds. The first-order valence-electron chi connectivity index (χ1n) is 5.87. The number of rotatable bonds is 3. The van der Waals surface area contributed by atoms with E-state index in [0.29, 0.717) is 0 Å². The maximum atomic E-state index is 8.49. The zero-order valence-corrected chi connectivity index (χ0v) is 10.6. The highest BCUT2D eigenvalue weighted by molar-refractivity contribution is 5.51. The summed E-state index contributed by atoms with van der Waals surface area (Å²) in [4.78, 5) is 0. The molecule has 0 spiro atoms. The van der Waals surface area contributed by atoms with E-state index in [0.717, 1.165) is 22.5 Å². The lowest BCUT2D eigenvalue weighted by molar-refractivity contribution is 0.193. The quantitative estimate of drug-likeness (QED) is 0.501. The van der Waals surface area contributed by atoms with Crippen molar-refractivity contribution in [1.29, 1.82) is 0 Å². The second-order valence-electron chi connectivity index (χ2n) is 3.89. The standard InChI is InChI=1S/C15H15N3O/c1-16-14-8-4-12(5-9-14)2-3-13-6-10-15(11-7-13)17-18-19/h4-11,16-19H,1H3. The molecule has 0 aliphatic heterocycles. The zero-order valence-electron chi connectivity index (χ0n) is 10.6. The van der Waals surface area contributed by atoms with Crippen LogP contribution in [0.5, 0.6) is 0 Å². The molecule has 4 N–H and O–H groups in total. The first-order chi connectivity index (χ1) is 9.31. The summed E-state index contributed by atoms with van der Waals surface area (Å²) in [6, 6.07) is 15.4. The Kier molecular flexibility index (Phi) is 4.40. The number of nitrogens with one attached hydrogen (secondary N) is 3. The Morgan fingerprint density at radius 3 is 1.68 bits per heavy atom. The first-order valence-corrected chi connectivity index (χ1v) is 5.87. The molecule has 4 nitrogen and oxygen atoms in total. The van der Waals surface area contributed by atoms with Crippen molar-refractivity contribution in [3.63, 3.8) is 0 Å². The van der Waals surface area contributed by atoms with Gasteiger partial charge in [0.15, 0.2) is 0 Å². The molecule has 0 saturated heterocycles. The number of hydrogen-bond donors (Lipinski definition) is 4. The fraction of sp³-hybridized carbons (Fsp3) is 0.0667. The van der Waals surface area contributed by atoms with E-state index in [9.17, 15) is 0 Å². The second-order valence-corrected chi connectivity index (χ2v) is 3.89. The molecule has 0 atom stereocenters. The maximum absolute atomic E-state index is 8.49. The van der Waals surface area contributed by atoms with Crippen molar-refractivity contribution in [3.8, 4) is 11.8 Å². The molecule has 2 rings (SSSR count). The Balaban J connectivity index is 2.09. The third kappa shape index (κ3) is 3.75. The minimum Gasteiger partial charge on any atom is -0.388 e. The topological polar surface area (TPSA) is 56.3 Å².